The van der Waals surface area contributed by atoms with Crippen molar-refractivity contribution in [2.24, 2.45) is 0 Å². The fourth-order valence-corrected chi connectivity index (χ4v) is 2.99. The van der Waals surface area contributed by atoms with Crippen LogP contribution in [0, 0.1) is 0 Å². The summed E-state index contributed by atoms with van der Waals surface area (Å²) >= 11 is 9.46. The van der Waals surface area contributed by atoms with Gasteiger partial charge in [0, 0.05) is 22.6 Å². The van der Waals surface area contributed by atoms with Crippen LogP contribution < -0.4 is 15.0 Å². The van der Waals surface area contributed by atoms with Gasteiger partial charge in [0.1, 0.15) is 5.75 Å². The Morgan fingerprint density at radius 3 is 2.64 bits per heavy atom. The van der Waals surface area contributed by atoms with Crippen LogP contribution in [0.1, 0.15) is 0 Å². The van der Waals surface area contributed by atoms with Gasteiger partial charge in [-0.3, -0.25) is 4.79 Å². The van der Waals surface area contributed by atoms with E-state index in [1.165, 1.54) is 0 Å². The first-order valence-corrected chi connectivity index (χ1v) is 9.09. The van der Waals surface area contributed by atoms with E-state index in [0.29, 0.717) is 29.7 Å². The Balaban J connectivity index is 1.65. The third-order valence-corrected chi connectivity index (χ3v) is 4.53. The van der Waals surface area contributed by atoms with Gasteiger partial charge in [0.15, 0.2) is 6.61 Å². The second-order valence-corrected chi connectivity index (χ2v) is 6.90. The number of amides is 1. The first-order chi connectivity index (χ1) is 12.1. The molecular formula is C18H18BrClN2O3. The van der Waals surface area contributed by atoms with Crippen LogP contribution in [-0.4, -0.2) is 38.8 Å². The van der Waals surface area contributed by atoms with Gasteiger partial charge in [-0.15, -0.1) is 0 Å². The number of hydrogen-bond donors (Lipinski definition) is 1. The number of benzene rings is 2. The maximum absolute atomic E-state index is 12.3. The summed E-state index contributed by atoms with van der Waals surface area (Å²) in [5.41, 5.74) is 1.61. The second-order valence-electron chi connectivity index (χ2n) is 5.55. The summed E-state index contributed by atoms with van der Waals surface area (Å²) in [7, 11) is 0. The molecule has 1 aliphatic heterocycles. The molecule has 0 unspecified atom stereocenters. The van der Waals surface area contributed by atoms with Crippen molar-refractivity contribution in [1.82, 2.24) is 0 Å². The zero-order valence-electron chi connectivity index (χ0n) is 13.5. The molecule has 1 aliphatic rings. The zero-order chi connectivity index (χ0) is 17.6. The van der Waals surface area contributed by atoms with Gasteiger partial charge in [-0.05, 0) is 42.5 Å². The van der Waals surface area contributed by atoms with E-state index in [2.05, 4.69) is 26.1 Å². The summed E-state index contributed by atoms with van der Waals surface area (Å²) in [5, 5.41) is 3.46. The van der Waals surface area contributed by atoms with Gasteiger partial charge in [0.05, 0.1) is 24.6 Å². The minimum atomic E-state index is -0.236. The molecule has 2 aromatic rings. The molecule has 1 amide bonds. The van der Waals surface area contributed by atoms with Crippen LogP contribution in [0.5, 0.6) is 5.75 Å². The van der Waals surface area contributed by atoms with Crippen LogP contribution in [-0.2, 0) is 9.53 Å². The predicted molar refractivity (Wildman–Crippen MR) is 103 cm³/mol. The van der Waals surface area contributed by atoms with Crippen molar-refractivity contribution in [3.63, 3.8) is 0 Å². The molecule has 0 aromatic heterocycles. The quantitative estimate of drug-likeness (QED) is 0.788. The number of carbonyl (C=O) groups excluding carboxylic acids is 1. The molecule has 0 bridgehead atoms. The summed E-state index contributed by atoms with van der Waals surface area (Å²) in [6, 6.07) is 12.8. The van der Waals surface area contributed by atoms with Gasteiger partial charge in [-0.1, -0.05) is 27.5 Å². The molecular weight excluding hydrogens is 408 g/mol. The normalized spacial score (nSPS) is 14.2. The average Bonchev–Trinajstić information content (AvgIpc) is 2.62. The van der Waals surface area contributed by atoms with Gasteiger partial charge < -0.3 is 19.7 Å². The SMILES string of the molecule is O=C(COc1ccc(Br)cc1)Nc1cc(Cl)ccc1N1CCOCC1. The molecule has 0 atom stereocenters. The molecule has 1 fully saturated rings. The summed E-state index contributed by atoms with van der Waals surface area (Å²) in [5.74, 6) is 0.401. The zero-order valence-corrected chi connectivity index (χ0v) is 15.8. The highest BCUT2D eigenvalue weighted by atomic mass is 79.9. The first kappa shape index (κ1) is 18.0. The molecule has 1 heterocycles. The van der Waals surface area contributed by atoms with Crippen molar-refractivity contribution < 1.29 is 14.3 Å². The summed E-state index contributed by atoms with van der Waals surface area (Å²) < 4.78 is 11.9. The monoisotopic (exact) mass is 424 g/mol. The van der Waals surface area contributed by atoms with Gasteiger partial charge in [0.2, 0.25) is 0 Å². The van der Waals surface area contributed by atoms with E-state index in [1.807, 2.05) is 24.3 Å². The Hall–Kier alpha value is -1.76. The lowest BCUT2D eigenvalue weighted by atomic mass is 10.2. The number of rotatable bonds is 5. The van der Waals surface area contributed by atoms with Crippen LogP contribution in [0.15, 0.2) is 46.9 Å². The van der Waals surface area contributed by atoms with E-state index >= 15 is 0 Å². The highest BCUT2D eigenvalue weighted by molar-refractivity contribution is 9.10. The average molecular weight is 426 g/mol. The molecule has 2 aromatic carbocycles. The fraction of sp³-hybridized carbons (Fsp3) is 0.278. The Morgan fingerprint density at radius 2 is 1.92 bits per heavy atom. The Kier molecular flexibility index (Phi) is 6.18. The maximum Gasteiger partial charge on any atom is 0.262 e. The molecule has 25 heavy (non-hydrogen) atoms. The topological polar surface area (TPSA) is 50.8 Å². The Bertz CT molecular complexity index is 734. The molecule has 132 valence electrons. The van der Waals surface area contributed by atoms with Crippen LogP contribution in [0.3, 0.4) is 0 Å². The van der Waals surface area contributed by atoms with E-state index in [1.54, 1.807) is 18.2 Å². The molecule has 5 nitrogen and oxygen atoms in total. The summed E-state index contributed by atoms with van der Waals surface area (Å²) in [4.78, 5) is 14.4. The first-order valence-electron chi connectivity index (χ1n) is 7.92. The van der Waals surface area contributed by atoms with E-state index in [-0.39, 0.29) is 12.5 Å². The maximum atomic E-state index is 12.3. The standard InChI is InChI=1S/C18H18BrClN2O3/c19-13-1-4-15(5-2-13)25-12-18(23)21-16-11-14(20)3-6-17(16)22-7-9-24-10-8-22/h1-6,11H,7-10,12H2,(H,21,23). The van der Waals surface area contributed by atoms with E-state index in [4.69, 9.17) is 21.1 Å². The molecule has 0 radical (unpaired) electrons. The molecule has 0 aliphatic carbocycles. The summed E-state index contributed by atoms with van der Waals surface area (Å²) in [6.07, 6.45) is 0. The van der Waals surface area contributed by atoms with Gasteiger partial charge >= 0.3 is 0 Å². The van der Waals surface area contributed by atoms with E-state index in [0.717, 1.165) is 23.2 Å². The van der Waals surface area contributed by atoms with Crippen molar-refractivity contribution in [2.45, 2.75) is 0 Å². The van der Waals surface area contributed by atoms with Crippen molar-refractivity contribution in [1.29, 1.82) is 0 Å². The number of anilines is 2. The molecule has 0 spiro atoms. The Morgan fingerprint density at radius 1 is 1.20 bits per heavy atom. The smallest absolute Gasteiger partial charge is 0.262 e. The van der Waals surface area contributed by atoms with Crippen LogP contribution in [0.25, 0.3) is 0 Å². The molecule has 7 heteroatoms. The van der Waals surface area contributed by atoms with Gasteiger partial charge in [-0.25, -0.2) is 0 Å². The van der Waals surface area contributed by atoms with Gasteiger partial charge in [0.25, 0.3) is 5.91 Å². The number of halogens is 2. The number of ether oxygens (including phenoxy) is 2. The second kappa shape index (κ2) is 8.56. The van der Waals surface area contributed by atoms with Crippen LogP contribution in [0.4, 0.5) is 11.4 Å². The minimum Gasteiger partial charge on any atom is -0.484 e. The van der Waals surface area contributed by atoms with Crippen molar-refractivity contribution in [3.8, 4) is 5.75 Å². The predicted octanol–water partition coefficient (Wildman–Crippen LogP) is 3.96. The number of carbonyl (C=O) groups is 1. The third kappa shape index (κ3) is 5.11. The van der Waals surface area contributed by atoms with Gasteiger partial charge in [-0.2, -0.15) is 0 Å². The number of nitrogens with zero attached hydrogens (tertiary/aromatic N) is 1. The molecule has 3 rings (SSSR count). The highest BCUT2D eigenvalue weighted by Gasteiger charge is 2.16. The Labute approximate surface area is 160 Å². The van der Waals surface area contributed by atoms with Crippen molar-refractivity contribution in [2.75, 3.05) is 43.1 Å². The van der Waals surface area contributed by atoms with Crippen LogP contribution in [0.2, 0.25) is 5.02 Å². The lowest BCUT2D eigenvalue weighted by molar-refractivity contribution is -0.118. The largest absolute Gasteiger partial charge is 0.484 e. The minimum absolute atomic E-state index is 0.0727. The van der Waals surface area contributed by atoms with Crippen molar-refractivity contribution >= 4 is 44.8 Å². The number of morpholine rings is 1. The fourth-order valence-electron chi connectivity index (χ4n) is 2.55. The lowest BCUT2D eigenvalue weighted by Crippen LogP contribution is -2.37. The highest BCUT2D eigenvalue weighted by Crippen LogP contribution is 2.30. The summed E-state index contributed by atoms with van der Waals surface area (Å²) in [6.45, 7) is 2.82. The van der Waals surface area contributed by atoms with Crippen LogP contribution >= 0.6 is 27.5 Å². The molecule has 1 saturated heterocycles. The lowest BCUT2D eigenvalue weighted by Gasteiger charge is -2.30. The van der Waals surface area contributed by atoms with E-state index < -0.39 is 0 Å². The van der Waals surface area contributed by atoms with E-state index in [9.17, 15) is 4.79 Å². The number of hydrogen-bond acceptors (Lipinski definition) is 4. The number of nitrogens with one attached hydrogen (secondary N) is 1. The molecule has 1 N–H and O–H groups in total. The third-order valence-electron chi connectivity index (χ3n) is 3.77. The molecule has 0 saturated carbocycles. The van der Waals surface area contributed by atoms with Crippen molar-refractivity contribution in [3.05, 3.63) is 52.0 Å².